The lowest BCUT2D eigenvalue weighted by atomic mass is 10.1. The largest absolute Gasteiger partial charge is 0.297 e. The predicted octanol–water partition coefficient (Wildman–Crippen LogP) is 2.40. The molecule has 0 spiro atoms. The quantitative estimate of drug-likeness (QED) is 0.786. The van der Waals surface area contributed by atoms with Crippen molar-refractivity contribution in [1.82, 2.24) is 5.48 Å². The van der Waals surface area contributed by atoms with Crippen LogP contribution in [0, 0.1) is 17.2 Å². The van der Waals surface area contributed by atoms with Crippen molar-refractivity contribution >= 4 is 0 Å². The van der Waals surface area contributed by atoms with Crippen LogP contribution in [0.1, 0.15) is 24.8 Å². The van der Waals surface area contributed by atoms with Crippen molar-refractivity contribution in [2.75, 3.05) is 0 Å². The molecule has 0 radical (unpaired) electrons. The van der Waals surface area contributed by atoms with E-state index in [1.807, 2.05) is 30.3 Å². The normalized spacial score (nSPS) is 24.2. The van der Waals surface area contributed by atoms with Crippen LogP contribution in [-0.2, 0) is 11.4 Å². The summed E-state index contributed by atoms with van der Waals surface area (Å²) in [5, 5.41) is 8.91. The number of nitrogens with one attached hydrogen (secondary N) is 1. The second-order valence-corrected chi connectivity index (χ2v) is 4.17. The Labute approximate surface area is 96.0 Å². The molecule has 0 saturated heterocycles. The molecular weight excluding hydrogens is 200 g/mol. The Morgan fingerprint density at radius 3 is 2.88 bits per heavy atom. The number of nitriles is 1. The van der Waals surface area contributed by atoms with Gasteiger partial charge in [0.1, 0.15) is 0 Å². The van der Waals surface area contributed by atoms with Gasteiger partial charge in [0.15, 0.2) is 0 Å². The van der Waals surface area contributed by atoms with Gasteiger partial charge in [-0.25, -0.2) is 0 Å². The van der Waals surface area contributed by atoms with Crippen LogP contribution >= 0.6 is 0 Å². The smallest absolute Gasteiger partial charge is 0.0933 e. The number of hydrogen-bond donors (Lipinski definition) is 1. The molecule has 1 aromatic rings. The molecule has 1 aliphatic carbocycles. The summed E-state index contributed by atoms with van der Waals surface area (Å²) in [6.45, 7) is 0.551. The van der Waals surface area contributed by atoms with Crippen LogP contribution in [0.4, 0.5) is 0 Å². The summed E-state index contributed by atoms with van der Waals surface area (Å²) in [5.74, 6) is 0.107. The molecule has 0 amide bonds. The highest BCUT2D eigenvalue weighted by molar-refractivity contribution is 5.13. The Bertz CT molecular complexity index is 358. The number of nitrogens with zero attached hydrogens (tertiary/aromatic N) is 1. The van der Waals surface area contributed by atoms with Crippen LogP contribution in [0.2, 0.25) is 0 Å². The van der Waals surface area contributed by atoms with Gasteiger partial charge in [0.2, 0.25) is 0 Å². The molecule has 1 aliphatic rings. The van der Waals surface area contributed by atoms with Crippen LogP contribution in [0.15, 0.2) is 30.3 Å². The van der Waals surface area contributed by atoms with Crippen molar-refractivity contribution in [3.8, 4) is 6.07 Å². The third kappa shape index (κ3) is 2.82. The van der Waals surface area contributed by atoms with Crippen LogP contribution in [-0.4, -0.2) is 6.04 Å². The molecule has 1 aromatic carbocycles. The van der Waals surface area contributed by atoms with E-state index in [9.17, 15) is 0 Å². The number of benzene rings is 1. The fraction of sp³-hybridized carbons (Fsp3) is 0.462. The molecule has 84 valence electrons. The van der Waals surface area contributed by atoms with Crippen molar-refractivity contribution in [2.24, 2.45) is 5.92 Å². The lowest BCUT2D eigenvalue weighted by molar-refractivity contribution is -0.000470. The van der Waals surface area contributed by atoms with E-state index in [4.69, 9.17) is 10.1 Å². The molecular formula is C13H16N2O. The van der Waals surface area contributed by atoms with E-state index in [2.05, 4.69) is 11.5 Å². The van der Waals surface area contributed by atoms with Crippen LogP contribution in [0.5, 0.6) is 0 Å². The molecule has 0 heterocycles. The van der Waals surface area contributed by atoms with Gasteiger partial charge in [0.25, 0.3) is 0 Å². The van der Waals surface area contributed by atoms with E-state index in [1.165, 1.54) is 0 Å². The van der Waals surface area contributed by atoms with Gasteiger partial charge in [-0.1, -0.05) is 36.8 Å². The van der Waals surface area contributed by atoms with E-state index in [1.54, 1.807) is 0 Å². The average Bonchev–Trinajstić information content (AvgIpc) is 2.78. The molecule has 0 aromatic heterocycles. The first kappa shape index (κ1) is 11.1. The molecule has 3 nitrogen and oxygen atoms in total. The van der Waals surface area contributed by atoms with Crippen molar-refractivity contribution in [2.45, 2.75) is 31.9 Å². The second kappa shape index (κ2) is 5.64. The minimum absolute atomic E-state index is 0.107. The predicted molar refractivity (Wildman–Crippen MR) is 61.1 cm³/mol. The highest BCUT2D eigenvalue weighted by Gasteiger charge is 2.26. The number of hydroxylamine groups is 1. The van der Waals surface area contributed by atoms with Gasteiger partial charge in [-0.05, 0) is 18.4 Å². The minimum atomic E-state index is 0.107. The standard InChI is InChI=1S/C13H16N2O/c14-9-12-7-4-8-13(12)15-16-10-11-5-2-1-3-6-11/h1-3,5-6,12-13,15H,4,7-8,10H2. The lowest BCUT2D eigenvalue weighted by Gasteiger charge is -2.15. The summed E-state index contributed by atoms with van der Waals surface area (Å²) in [6, 6.07) is 12.5. The fourth-order valence-electron chi connectivity index (χ4n) is 2.06. The molecule has 3 heteroatoms. The maximum absolute atomic E-state index is 8.91. The maximum Gasteiger partial charge on any atom is 0.0933 e. The maximum atomic E-state index is 8.91. The van der Waals surface area contributed by atoms with Gasteiger partial charge in [-0.15, -0.1) is 0 Å². The van der Waals surface area contributed by atoms with Gasteiger partial charge in [0, 0.05) is 6.04 Å². The topological polar surface area (TPSA) is 45.0 Å². The first-order valence-corrected chi connectivity index (χ1v) is 5.71. The minimum Gasteiger partial charge on any atom is -0.297 e. The lowest BCUT2D eigenvalue weighted by Crippen LogP contribution is -2.31. The molecule has 1 N–H and O–H groups in total. The average molecular weight is 216 g/mol. The summed E-state index contributed by atoms with van der Waals surface area (Å²) >= 11 is 0. The molecule has 2 atom stereocenters. The molecule has 0 bridgehead atoms. The van der Waals surface area contributed by atoms with Gasteiger partial charge in [-0.3, -0.25) is 4.84 Å². The summed E-state index contributed by atoms with van der Waals surface area (Å²) in [7, 11) is 0. The van der Waals surface area contributed by atoms with Crippen molar-refractivity contribution in [3.05, 3.63) is 35.9 Å². The van der Waals surface area contributed by atoms with Crippen LogP contribution in [0.25, 0.3) is 0 Å². The molecule has 16 heavy (non-hydrogen) atoms. The second-order valence-electron chi connectivity index (χ2n) is 4.17. The van der Waals surface area contributed by atoms with Crippen molar-refractivity contribution in [1.29, 1.82) is 5.26 Å². The summed E-state index contributed by atoms with van der Waals surface area (Å²) in [5.41, 5.74) is 4.15. The van der Waals surface area contributed by atoms with E-state index < -0.39 is 0 Å². The Balaban J connectivity index is 1.74. The molecule has 1 fully saturated rings. The van der Waals surface area contributed by atoms with E-state index in [0.717, 1.165) is 24.8 Å². The Kier molecular flexibility index (Phi) is 3.92. The summed E-state index contributed by atoms with van der Waals surface area (Å²) < 4.78 is 0. The van der Waals surface area contributed by atoms with Gasteiger partial charge in [-0.2, -0.15) is 10.7 Å². The highest BCUT2D eigenvalue weighted by Crippen LogP contribution is 2.24. The Morgan fingerprint density at radius 2 is 2.12 bits per heavy atom. The third-order valence-electron chi connectivity index (χ3n) is 3.00. The first-order chi connectivity index (χ1) is 7.90. The zero-order valence-electron chi connectivity index (χ0n) is 9.23. The molecule has 2 unspecified atom stereocenters. The highest BCUT2D eigenvalue weighted by atomic mass is 16.6. The van der Waals surface area contributed by atoms with Gasteiger partial charge in [0.05, 0.1) is 18.6 Å². The van der Waals surface area contributed by atoms with Gasteiger partial charge < -0.3 is 0 Å². The monoisotopic (exact) mass is 216 g/mol. The summed E-state index contributed by atoms with van der Waals surface area (Å²) in [4.78, 5) is 5.43. The number of rotatable bonds is 4. The van der Waals surface area contributed by atoms with Crippen LogP contribution < -0.4 is 5.48 Å². The first-order valence-electron chi connectivity index (χ1n) is 5.71. The summed E-state index contributed by atoms with van der Waals surface area (Å²) in [6.07, 6.45) is 3.14. The van der Waals surface area contributed by atoms with Crippen molar-refractivity contribution in [3.63, 3.8) is 0 Å². The van der Waals surface area contributed by atoms with Gasteiger partial charge >= 0.3 is 0 Å². The fourth-order valence-corrected chi connectivity index (χ4v) is 2.06. The van der Waals surface area contributed by atoms with E-state index in [-0.39, 0.29) is 12.0 Å². The van der Waals surface area contributed by atoms with Crippen molar-refractivity contribution < 1.29 is 4.84 Å². The van der Waals surface area contributed by atoms with Crippen LogP contribution in [0.3, 0.4) is 0 Å². The molecule has 2 rings (SSSR count). The zero-order chi connectivity index (χ0) is 11.2. The number of hydrogen-bond acceptors (Lipinski definition) is 3. The third-order valence-corrected chi connectivity index (χ3v) is 3.00. The van der Waals surface area contributed by atoms with E-state index >= 15 is 0 Å². The zero-order valence-corrected chi connectivity index (χ0v) is 9.23. The molecule has 0 aliphatic heterocycles. The molecule has 1 saturated carbocycles. The Hall–Kier alpha value is -1.37. The SMILES string of the molecule is N#CC1CCCC1NOCc1ccccc1. The van der Waals surface area contributed by atoms with E-state index in [0.29, 0.717) is 6.61 Å². The Morgan fingerprint density at radius 1 is 1.31 bits per heavy atom.